The van der Waals surface area contributed by atoms with Crippen molar-refractivity contribution < 1.29 is 9.59 Å². The van der Waals surface area contributed by atoms with E-state index in [1.54, 1.807) is 13.0 Å². The summed E-state index contributed by atoms with van der Waals surface area (Å²) in [6.45, 7) is 10.6. The maximum atomic E-state index is 12.5. The van der Waals surface area contributed by atoms with Gasteiger partial charge in [-0.1, -0.05) is 58.0 Å². The van der Waals surface area contributed by atoms with Gasteiger partial charge in [-0.2, -0.15) is 0 Å². The quantitative estimate of drug-likeness (QED) is 0.600. The van der Waals surface area contributed by atoms with Gasteiger partial charge in [0.15, 0.2) is 5.78 Å². The molecule has 2 aromatic carbocycles. The molecule has 0 atom stereocenters. The smallest absolute Gasteiger partial charge is 0.226 e. The summed E-state index contributed by atoms with van der Waals surface area (Å²) < 4.78 is 0. The molecule has 1 amide bonds. The Labute approximate surface area is 162 Å². The number of nitrogens with one attached hydrogen (secondary N) is 2. The van der Waals surface area contributed by atoms with Crippen LogP contribution in [0.15, 0.2) is 42.5 Å². The van der Waals surface area contributed by atoms with Gasteiger partial charge >= 0.3 is 0 Å². The molecule has 0 aromatic heterocycles. The summed E-state index contributed by atoms with van der Waals surface area (Å²) >= 11 is 0. The molecule has 2 rings (SSSR count). The van der Waals surface area contributed by atoms with Gasteiger partial charge < -0.3 is 10.6 Å². The molecule has 2 N–H and O–H groups in total. The lowest BCUT2D eigenvalue weighted by Crippen LogP contribution is -2.19. The van der Waals surface area contributed by atoms with Gasteiger partial charge in [0.1, 0.15) is 0 Å². The standard InChI is InChI=1S/C23H30N2O2/c1-15(2)20-10-7-11-21(16(3)4)23(20)25-22(27)12-13-24-19-9-6-8-18(14-19)17(5)26/h6-11,14-16,24H,12-13H2,1-5H3,(H,25,27). The van der Waals surface area contributed by atoms with E-state index < -0.39 is 0 Å². The van der Waals surface area contributed by atoms with Crippen LogP contribution in [0.1, 0.15) is 74.4 Å². The molecule has 0 aliphatic rings. The summed E-state index contributed by atoms with van der Waals surface area (Å²) in [7, 11) is 0. The Morgan fingerprint density at radius 1 is 0.926 bits per heavy atom. The fraction of sp³-hybridized carbons (Fsp3) is 0.391. The van der Waals surface area contributed by atoms with Crippen LogP contribution in [0.4, 0.5) is 11.4 Å². The zero-order valence-corrected chi connectivity index (χ0v) is 16.9. The van der Waals surface area contributed by atoms with Crippen LogP contribution in [0.3, 0.4) is 0 Å². The van der Waals surface area contributed by atoms with Crippen LogP contribution in [0.25, 0.3) is 0 Å². The molecule has 0 aliphatic heterocycles. The van der Waals surface area contributed by atoms with Crippen LogP contribution in [-0.2, 0) is 4.79 Å². The zero-order valence-electron chi connectivity index (χ0n) is 16.9. The van der Waals surface area contributed by atoms with E-state index in [9.17, 15) is 9.59 Å². The van der Waals surface area contributed by atoms with Gasteiger partial charge in [0.05, 0.1) is 0 Å². The van der Waals surface area contributed by atoms with E-state index in [1.165, 1.54) is 0 Å². The largest absolute Gasteiger partial charge is 0.385 e. The van der Waals surface area contributed by atoms with Gasteiger partial charge in [-0.3, -0.25) is 9.59 Å². The molecule has 0 radical (unpaired) electrons. The Morgan fingerprint density at radius 3 is 2.07 bits per heavy atom. The van der Waals surface area contributed by atoms with E-state index in [4.69, 9.17) is 0 Å². The highest BCUT2D eigenvalue weighted by molar-refractivity contribution is 5.95. The molecule has 144 valence electrons. The lowest BCUT2D eigenvalue weighted by molar-refractivity contribution is -0.116. The van der Waals surface area contributed by atoms with Crippen molar-refractivity contribution in [3.05, 3.63) is 59.2 Å². The zero-order chi connectivity index (χ0) is 20.0. The number of carbonyl (C=O) groups excluding carboxylic acids is 2. The summed E-state index contributed by atoms with van der Waals surface area (Å²) in [5.74, 6) is 0.695. The van der Waals surface area contributed by atoms with Crippen molar-refractivity contribution in [2.45, 2.75) is 52.9 Å². The molecule has 0 heterocycles. The maximum absolute atomic E-state index is 12.5. The minimum absolute atomic E-state index is 0.0137. The van der Waals surface area contributed by atoms with Crippen molar-refractivity contribution in [3.63, 3.8) is 0 Å². The monoisotopic (exact) mass is 366 g/mol. The summed E-state index contributed by atoms with van der Waals surface area (Å²) in [4.78, 5) is 24.0. The first-order chi connectivity index (χ1) is 12.8. The Kier molecular flexibility index (Phi) is 7.17. The SMILES string of the molecule is CC(=O)c1cccc(NCCC(=O)Nc2c(C(C)C)cccc2C(C)C)c1. The number of carbonyl (C=O) groups is 2. The van der Waals surface area contributed by atoms with E-state index >= 15 is 0 Å². The highest BCUT2D eigenvalue weighted by Gasteiger charge is 2.15. The number of rotatable bonds is 8. The number of anilines is 2. The van der Waals surface area contributed by atoms with Crippen molar-refractivity contribution in [2.75, 3.05) is 17.2 Å². The van der Waals surface area contributed by atoms with E-state index in [0.717, 1.165) is 22.5 Å². The first-order valence-corrected chi connectivity index (χ1v) is 9.57. The lowest BCUT2D eigenvalue weighted by atomic mass is 9.92. The van der Waals surface area contributed by atoms with Crippen LogP contribution in [-0.4, -0.2) is 18.2 Å². The van der Waals surface area contributed by atoms with Crippen molar-refractivity contribution in [3.8, 4) is 0 Å². The van der Waals surface area contributed by atoms with Crippen LogP contribution < -0.4 is 10.6 Å². The van der Waals surface area contributed by atoms with Crippen molar-refractivity contribution in [1.29, 1.82) is 0 Å². The van der Waals surface area contributed by atoms with E-state index in [-0.39, 0.29) is 11.7 Å². The molecular weight excluding hydrogens is 336 g/mol. The molecule has 0 bridgehead atoms. The maximum Gasteiger partial charge on any atom is 0.226 e. The summed E-state index contributed by atoms with van der Waals surface area (Å²) in [5, 5.41) is 6.34. The van der Waals surface area contributed by atoms with Crippen molar-refractivity contribution in [1.82, 2.24) is 0 Å². The average Bonchev–Trinajstić information content (AvgIpc) is 2.61. The number of Topliss-reactive ketones (excluding diaryl/α,β-unsaturated/α-hetero) is 1. The number of hydrogen-bond acceptors (Lipinski definition) is 3. The first-order valence-electron chi connectivity index (χ1n) is 9.57. The summed E-state index contributed by atoms with van der Waals surface area (Å²) in [6.07, 6.45) is 0.355. The molecule has 27 heavy (non-hydrogen) atoms. The van der Waals surface area contributed by atoms with Gasteiger partial charge in [0, 0.05) is 29.9 Å². The van der Waals surface area contributed by atoms with Gasteiger partial charge in [0.2, 0.25) is 5.91 Å². The van der Waals surface area contributed by atoms with Gasteiger partial charge in [-0.05, 0) is 42.0 Å². The minimum atomic E-state index is -0.0137. The lowest BCUT2D eigenvalue weighted by Gasteiger charge is -2.20. The second kappa shape index (κ2) is 9.36. The number of benzene rings is 2. The fourth-order valence-corrected chi connectivity index (χ4v) is 3.07. The summed E-state index contributed by atoms with van der Waals surface area (Å²) in [5.41, 5.74) is 4.79. The van der Waals surface area contributed by atoms with E-state index in [1.807, 2.05) is 18.2 Å². The predicted octanol–water partition coefficient (Wildman–Crippen LogP) is 5.58. The van der Waals surface area contributed by atoms with Crippen molar-refractivity contribution in [2.24, 2.45) is 0 Å². The third kappa shape index (κ3) is 5.68. The second-order valence-electron chi connectivity index (χ2n) is 7.48. The van der Waals surface area contributed by atoms with Crippen LogP contribution in [0.2, 0.25) is 0 Å². The Morgan fingerprint density at radius 2 is 1.52 bits per heavy atom. The number of hydrogen-bond donors (Lipinski definition) is 2. The second-order valence-corrected chi connectivity index (χ2v) is 7.48. The third-order valence-electron chi connectivity index (χ3n) is 4.59. The van der Waals surface area contributed by atoms with Crippen LogP contribution in [0.5, 0.6) is 0 Å². The number of amides is 1. The van der Waals surface area contributed by atoms with Gasteiger partial charge in [-0.15, -0.1) is 0 Å². The topological polar surface area (TPSA) is 58.2 Å². The molecule has 0 saturated heterocycles. The highest BCUT2D eigenvalue weighted by Crippen LogP contribution is 2.32. The molecule has 0 spiro atoms. The molecule has 2 aromatic rings. The molecule has 0 aliphatic carbocycles. The van der Waals surface area contributed by atoms with Crippen LogP contribution >= 0.6 is 0 Å². The average molecular weight is 367 g/mol. The van der Waals surface area contributed by atoms with E-state index in [2.05, 4.69) is 56.5 Å². The predicted molar refractivity (Wildman–Crippen MR) is 113 cm³/mol. The minimum Gasteiger partial charge on any atom is -0.385 e. The van der Waals surface area contributed by atoms with Crippen molar-refractivity contribution >= 4 is 23.1 Å². The third-order valence-corrected chi connectivity index (χ3v) is 4.59. The van der Waals surface area contributed by atoms with E-state index in [0.29, 0.717) is 30.4 Å². The molecule has 4 nitrogen and oxygen atoms in total. The molecule has 4 heteroatoms. The number of ketones is 1. The van der Waals surface area contributed by atoms with Gasteiger partial charge in [0.25, 0.3) is 0 Å². The molecule has 0 fully saturated rings. The number of para-hydroxylation sites is 1. The first kappa shape index (κ1) is 20.7. The van der Waals surface area contributed by atoms with Crippen LogP contribution in [0, 0.1) is 0 Å². The highest BCUT2D eigenvalue weighted by atomic mass is 16.1. The Bertz CT molecular complexity index is 784. The Balaban J connectivity index is 2.02. The normalized spacial score (nSPS) is 10.9. The fourth-order valence-electron chi connectivity index (χ4n) is 3.07. The molecular formula is C23H30N2O2. The Hall–Kier alpha value is -2.62. The molecule has 0 saturated carbocycles. The van der Waals surface area contributed by atoms with Gasteiger partial charge in [-0.25, -0.2) is 0 Å². The molecule has 0 unspecified atom stereocenters. The summed E-state index contributed by atoms with van der Waals surface area (Å²) in [6, 6.07) is 13.6.